The van der Waals surface area contributed by atoms with E-state index in [2.05, 4.69) is 31.1 Å². The first kappa shape index (κ1) is 14.2. The van der Waals surface area contributed by atoms with Crippen molar-refractivity contribution in [1.29, 1.82) is 0 Å². The molecule has 0 radical (unpaired) electrons. The highest BCUT2D eigenvalue weighted by molar-refractivity contribution is 7.98. The average molecular weight is 307 g/mol. The summed E-state index contributed by atoms with van der Waals surface area (Å²) in [7, 11) is 0. The molecule has 3 nitrogen and oxygen atoms in total. The Labute approximate surface area is 128 Å². The zero-order valence-corrected chi connectivity index (χ0v) is 13.6. The van der Waals surface area contributed by atoms with Crippen LogP contribution >= 0.6 is 23.1 Å². The number of fused-ring (bicyclic) bond motifs is 1. The predicted molar refractivity (Wildman–Crippen MR) is 87.4 cm³/mol. The summed E-state index contributed by atoms with van der Waals surface area (Å²) in [6, 6.07) is 4.89. The molecule has 0 amide bonds. The lowest BCUT2D eigenvalue weighted by molar-refractivity contribution is 0.523. The summed E-state index contributed by atoms with van der Waals surface area (Å²) in [6.07, 6.45) is 4.08. The van der Waals surface area contributed by atoms with Gasteiger partial charge < -0.3 is 5.73 Å². The minimum absolute atomic E-state index is 0.0751. The van der Waals surface area contributed by atoms with E-state index in [1.807, 2.05) is 34.0 Å². The summed E-state index contributed by atoms with van der Waals surface area (Å²) < 4.78 is 2.00. The third kappa shape index (κ3) is 2.95. The van der Waals surface area contributed by atoms with Crippen molar-refractivity contribution in [2.24, 2.45) is 5.73 Å². The van der Waals surface area contributed by atoms with Crippen LogP contribution in [-0.2, 0) is 18.6 Å². The SMILES string of the molecule is CC(C)n1ccc(CC(N)c2cc3c(s2)CCSC3)n1. The minimum Gasteiger partial charge on any atom is -0.323 e. The molecule has 0 saturated heterocycles. The topological polar surface area (TPSA) is 43.8 Å². The second-order valence-corrected chi connectivity index (χ2v) is 7.86. The highest BCUT2D eigenvalue weighted by Crippen LogP contribution is 2.34. The molecule has 2 aromatic heterocycles. The zero-order chi connectivity index (χ0) is 14.1. The monoisotopic (exact) mass is 307 g/mol. The smallest absolute Gasteiger partial charge is 0.0643 e. The molecular formula is C15H21N3S2. The quantitative estimate of drug-likeness (QED) is 0.939. The molecule has 1 aliphatic heterocycles. The van der Waals surface area contributed by atoms with Gasteiger partial charge in [-0.25, -0.2) is 0 Å². The molecule has 0 spiro atoms. The fraction of sp³-hybridized carbons (Fsp3) is 0.533. The Morgan fingerprint density at radius 3 is 3.00 bits per heavy atom. The van der Waals surface area contributed by atoms with Crippen molar-refractivity contribution < 1.29 is 0 Å². The van der Waals surface area contributed by atoms with E-state index in [1.165, 1.54) is 22.6 Å². The summed E-state index contributed by atoms with van der Waals surface area (Å²) in [5.74, 6) is 2.40. The van der Waals surface area contributed by atoms with Gasteiger partial charge in [-0.1, -0.05) is 0 Å². The van der Waals surface area contributed by atoms with E-state index >= 15 is 0 Å². The first-order valence-electron chi connectivity index (χ1n) is 7.12. The van der Waals surface area contributed by atoms with Crippen molar-refractivity contribution in [3.05, 3.63) is 39.3 Å². The fourth-order valence-electron chi connectivity index (χ4n) is 2.45. The van der Waals surface area contributed by atoms with Gasteiger partial charge in [0.1, 0.15) is 0 Å². The van der Waals surface area contributed by atoms with Crippen LogP contribution in [0.25, 0.3) is 0 Å². The Kier molecular flexibility index (Phi) is 4.19. The number of nitrogens with zero attached hydrogens (tertiary/aromatic N) is 2. The first-order chi connectivity index (χ1) is 9.63. The van der Waals surface area contributed by atoms with Gasteiger partial charge >= 0.3 is 0 Å². The molecule has 0 aromatic carbocycles. The van der Waals surface area contributed by atoms with Gasteiger partial charge in [0.15, 0.2) is 0 Å². The summed E-state index contributed by atoms with van der Waals surface area (Å²) in [5.41, 5.74) is 8.97. The molecule has 0 fully saturated rings. The second-order valence-electron chi connectivity index (χ2n) is 5.59. The standard InChI is InChI=1S/C15H21N3S2/c1-10(2)18-5-3-12(17-18)8-13(16)15-7-11-9-19-6-4-14(11)20-15/h3,5,7,10,13H,4,6,8-9,16H2,1-2H3. The molecule has 3 heterocycles. The van der Waals surface area contributed by atoms with E-state index in [-0.39, 0.29) is 6.04 Å². The number of thiophene rings is 1. The Hall–Kier alpha value is -0.780. The van der Waals surface area contributed by atoms with Gasteiger partial charge in [-0.2, -0.15) is 16.9 Å². The molecule has 1 unspecified atom stereocenters. The van der Waals surface area contributed by atoms with Crippen LogP contribution in [0.4, 0.5) is 0 Å². The van der Waals surface area contributed by atoms with E-state index < -0.39 is 0 Å². The predicted octanol–water partition coefficient (Wildman–Crippen LogP) is 3.56. The van der Waals surface area contributed by atoms with Crippen LogP contribution in [-0.4, -0.2) is 15.5 Å². The third-order valence-electron chi connectivity index (χ3n) is 3.63. The first-order valence-corrected chi connectivity index (χ1v) is 9.09. The summed E-state index contributed by atoms with van der Waals surface area (Å²) in [6.45, 7) is 4.28. The summed E-state index contributed by atoms with van der Waals surface area (Å²) >= 11 is 3.93. The maximum absolute atomic E-state index is 6.38. The fourth-order valence-corrected chi connectivity index (χ4v) is 4.83. The van der Waals surface area contributed by atoms with E-state index in [0.29, 0.717) is 6.04 Å². The van der Waals surface area contributed by atoms with Crippen molar-refractivity contribution in [2.75, 3.05) is 5.75 Å². The normalized spacial score (nSPS) is 16.4. The molecule has 2 N–H and O–H groups in total. The van der Waals surface area contributed by atoms with Crippen LogP contribution in [0.5, 0.6) is 0 Å². The van der Waals surface area contributed by atoms with Gasteiger partial charge in [-0.15, -0.1) is 11.3 Å². The molecule has 5 heteroatoms. The third-order valence-corrected chi connectivity index (χ3v) is 6.01. The number of rotatable bonds is 4. The largest absolute Gasteiger partial charge is 0.323 e. The van der Waals surface area contributed by atoms with Crippen molar-refractivity contribution in [3.8, 4) is 0 Å². The van der Waals surface area contributed by atoms with E-state index in [0.717, 1.165) is 17.9 Å². The van der Waals surface area contributed by atoms with Crippen molar-refractivity contribution >= 4 is 23.1 Å². The average Bonchev–Trinajstić information content (AvgIpc) is 3.04. The van der Waals surface area contributed by atoms with Crippen molar-refractivity contribution in [3.63, 3.8) is 0 Å². The number of aromatic nitrogens is 2. The lowest BCUT2D eigenvalue weighted by Crippen LogP contribution is -2.12. The molecule has 0 saturated carbocycles. The van der Waals surface area contributed by atoms with Crippen LogP contribution in [0.1, 0.15) is 46.9 Å². The highest BCUT2D eigenvalue weighted by atomic mass is 32.2. The number of hydrogen-bond donors (Lipinski definition) is 1. The molecule has 0 aliphatic carbocycles. The van der Waals surface area contributed by atoms with Crippen LogP contribution in [0, 0.1) is 0 Å². The lowest BCUT2D eigenvalue weighted by atomic mass is 10.1. The zero-order valence-electron chi connectivity index (χ0n) is 12.0. The van der Waals surface area contributed by atoms with Crippen LogP contribution < -0.4 is 5.73 Å². The Balaban J connectivity index is 1.71. The molecule has 1 atom stereocenters. The maximum Gasteiger partial charge on any atom is 0.0643 e. The van der Waals surface area contributed by atoms with Crippen LogP contribution in [0.15, 0.2) is 18.3 Å². The lowest BCUT2D eigenvalue weighted by Gasteiger charge is -2.08. The van der Waals surface area contributed by atoms with E-state index in [1.54, 1.807) is 4.88 Å². The molecule has 108 valence electrons. The van der Waals surface area contributed by atoms with Gasteiger partial charge in [0.05, 0.1) is 5.69 Å². The van der Waals surface area contributed by atoms with Gasteiger partial charge in [0.2, 0.25) is 0 Å². The molecule has 2 aromatic rings. The number of hydrogen-bond acceptors (Lipinski definition) is 4. The summed E-state index contributed by atoms with van der Waals surface area (Å²) in [4.78, 5) is 2.86. The maximum atomic E-state index is 6.38. The number of aryl methyl sites for hydroxylation is 1. The van der Waals surface area contributed by atoms with Gasteiger partial charge in [-0.05, 0) is 43.7 Å². The molecular weight excluding hydrogens is 286 g/mol. The van der Waals surface area contributed by atoms with E-state index in [9.17, 15) is 0 Å². The van der Waals surface area contributed by atoms with E-state index in [4.69, 9.17) is 5.73 Å². The number of nitrogens with two attached hydrogens (primary N) is 1. The molecule has 1 aliphatic rings. The van der Waals surface area contributed by atoms with Gasteiger partial charge in [-0.3, -0.25) is 4.68 Å². The molecule has 3 rings (SSSR count). The molecule has 20 heavy (non-hydrogen) atoms. The molecule has 0 bridgehead atoms. The van der Waals surface area contributed by atoms with Gasteiger partial charge in [0.25, 0.3) is 0 Å². The van der Waals surface area contributed by atoms with Crippen LogP contribution in [0.3, 0.4) is 0 Å². The van der Waals surface area contributed by atoms with Crippen LogP contribution in [0.2, 0.25) is 0 Å². The second kappa shape index (κ2) is 5.92. The minimum atomic E-state index is 0.0751. The Morgan fingerprint density at radius 2 is 2.30 bits per heavy atom. The van der Waals surface area contributed by atoms with Crippen molar-refractivity contribution in [2.45, 2.75) is 44.5 Å². The summed E-state index contributed by atoms with van der Waals surface area (Å²) in [5, 5.41) is 4.59. The van der Waals surface area contributed by atoms with Crippen molar-refractivity contribution in [1.82, 2.24) is 9.78 Å². The highest BCUT2D eigenvalue weighted by Gasteiger charge is 2.18. The van der Waals surface area contributed by atoms with Gasteiger partial charge in [0, 0.05) is 40.2 Å². The Morgan fingerprint density at radius 1 is 1.45 bits per heavy atom. The Bertz CT molecular complexity index is 562. The number of thioether (sulfide) groups is 1.